The average molecular weight is 423 g/mol. The molecule has 1 fully saturated rings. The minimum Gasteiger partial charge on any atom is -0.481 e. The number of carboxylic acids is 1. The lowest BCUT2D eigenvalue weighted by Crippen LogP contribution is -2.46. The molecule has 0 bridgehead atoms. The number of carbonyl (C=O) groups excluding carboxylic acids is 1. The van der Waals surface area contributed by atoms with E-state index in [-0.39, 0.29) is 11.7 Å². The first-order chi connectivity index (χ1) is 15.0. The molecule has 2 aromatic rings. The van der Waals surface area contributed by atoms with Crippen molar-refractivity contribution in [2.45, 2.75) is 12.8 Å². The fraction of sp³-hybridized carbons (Fsp3) is 0.333. The van der Waals surface area contributed by atoms with Gasteiger partial charge in [0.05, 0.1) is 11.8 Å². The molecule has 31 heavy (non-hydrogen) atoms. The van der Waals surface area contributed by atoms with E-state index in [0.29, 0.717) is 18.5 Å². The van der Waals surface area contributed by atoms with Crippen molar-refractivity contribution in [3.63, 3.8) is 0 Å². The number of carboxylic acid groups (broad SMARTS) is 1. The molecule has 1 saturated heterocycles. The second kappa shape index (κ2) is 9.20. The van der Waals surface area contributed by atoms with Crippen LogP contribution in [0.1, 0.15) is 12.8 Å². The number of aliphatic carboxylic acids is 1. The Hall–Kier alpha value is -3.35. The van der Waals surface area contributed by atoms with Gasteiger partial charge in [0, 0.05) is 43.2 Å². The maximum atomic E-state index is 13.1. The van der Waals surface area contributed by atoms with Gasteiger partial charge in [0.1, 0.15) is 5.82 Å². The molecule has 4 rings (SSSR count). The summed E-state index contributed by atoms with van der Waals surface area (Å²) in [5.74, 6) is -2.64. The summed E-state index contributed by atoms with van der Waals surface area (Å²) < 4.78 is 13.1. The van der Waals surface area contributed by atoms with Crippen molar-refractivity contribution in [1.82, 2.24) is 0 Å². The smallest absolute Gasteiger partial charge is 0.307 e. The summed E-state index contributed by atoms with van der Waals surface area (Å²) in [4.78, 5) is 28.6. The number of benzene rings is 2. The predicted molar refractivity (Wildman–Crippen MR) is 119 cm³/mol. The topological polar surface area (TPSA) is 72.9 Å². The van der Waals surface area contributed by atoms with Crippen LogP contribution >= 0.6 is 0 Å². The molecule has 2 aliphatic rings. The number of nitrogens with zero attached hydrogens (tertiary/aromatic N) is 2. The van der Waals surface area contributed by atoms with Gasteiger partial charge in [-0.1, -0.05) is 12.2 Å². The molecule has 0 saturated carbocycles. The van der Waals surface area contributed by atoms with E-state index in [1.165, 1.54) is 12.1 Å². The molecule has 0 radical (unpaired) electrons. The summed E-state index contributed by atoms with van der Waals surface area (Å²) in [5, 5.41) is 12.2. The normalized spacial score (nSPS) is 21.1. The van der Waals surface area contributed by atoms with Crippen LogP contribution in [0.25, 0.3) is 0 Å². The molecule has 2 atom stereocenters. The van der Waals surface area contributed by atoms with Crippen LogP contribution in [0.2, 0.25) is 0 Å². The third-order valence-electron chi connectivity index (χ3n) is 6.06. The van der Waals surface area contributed by atoms with E-state index < -0.39 is 17.8 Å². The molecule has 6 nitrogen and oxygen atoms in total. The average Bonchev–Trinajstić information content (AvgIpc) is 2.80. The molecule has 0 unspecified atom stereocenters. The molecular weight excluding hydrogens is 397 g/mol. The van der Waals surface area contributed by atoms with Crippen molar-refractivity contribution < 1.29 is 19.1 Å². The zero-order valence-electron chi connectivity index (χ0n) is 17.2. The second-order valence-electron chi connectivity index (χ2n) is 7.98. The quantitative estimate of drug-likeness (QED) is 0.717. The van der Waals surface area contributed by atoms with Crippen LogP contribution in [0.3, 0.4) is 0 Å². The van der Waals surface area contributed by atoms with Gasteiger partial charge in [0.2, 0.25) is 5.91 Å². The van der Waals surface area contributed by atoms with Gasteiger partial charge in [-0.05, 0) is 61.4 Å². The van der Waals surface area contributed by atoms with Crippen LogP contribution in [0.4, 0.5) is 21.5 Å². The van der Waals surface area contributed by atoms with E-state index in [2.05, 4.69) is 15.1 Å². The zero-order chi connectivity index (χ0) is 21.8. The highest BCUT2D eigenvalue weighted by molar-refractivity contribution is 5.95. The maximum absolute atomic E-state index is 13.1. The lowest BCUT2D eigenvalue weighted by Gasteiger charge is -2.37. The van der Waals surface area contributed by atoms with Crippen molar-refractivity contribution >= 4 is 28.9 Å². The van der Waals surface area contributed by atoms with Gasteiger partial charge >= 0.3 is 5.97 Å². The van der Waals surface area contributed by atoms with Crippen molar-refractivity contribution in [2.75, 3.05) is 41.3 Å². The Bertz CT molecular complexity index is 951. The van der Waals surface area contributed by atoms with E-state index in [4.69, 9.17) is 0 Å². The standard InChI is InChI=1S/C24H26FN3O3/c25-17-5-9-19(10-6-17)27-13-15-28(16-14-27)20-11-7-18(8-12-20)26-23(29)21-3-1-2-4-22(21)24(30)31/h1-2,5-12,21-22H,3-4,13-16H2,(H,26,29)(H,30,31)/t21-,22-/m1/s1. The van der Waals surface area contributed by atoms with Gasteiger partial charge in [0.25, 0.3) is 0 Å². The van der Waals surface area contributed by atoms with Crippen LogP contribution in [0.15, 0.2) is 60.7 Å². The lowest BCUT2D eigenvalue weighted by molar-refractivity contribution is -0.146. The third kappa shape index (κ3) is 4.87. The third-order valence-corrected chi connectivity index (χ3v) is 6.06. The Kier molecular flexibility index (Phi) is 6.21. The first-order valence-corrected chi connectivity index (χ1v) is 10.6. The lowest BCUT2D eigenvalue weighted by atomic mass is 9.82. The summed E-state index contributed by atoms with van der Waals surface area (Å²) in [5.41, 5.74) is 2.76. The predicted octanol–water partition coefficient (Wildman–Crippen LogP) is 3.76. The summed E-state index contributed by atoms with van der Waals surface area (Å²) in [6.07, 6.45) is 4.53. The monoisotopic (exact) mass is 423 g/mol. The number of anilines is 3. The van der Waals surface area contributed by atoms with Gasteiger partial charge in [-0.2, -0.15) is 0 Å². The number of rotatable bonds is 5. The number of amides is 1. The number of halogens is 1. The molecule has 2 aromatic carbocycles. The second-order valence-corrected chi connectivity index (χ2v) is 7.98. The van der Waals surface area contributed by atoms with Gasteiger partial charge in [-0.25, -0.2) is 4.39 Å². The molecule has 2 N–H and O–H groups in total. The molecular formula is C24H26FN3O3. The fourth-order valence-corrected chi connectivity index (χ4v) is 4.24. The highest BCUT2D eigenvalue weighted by Gasteiger charge is 2.34. The molecule has 0 aromatic heterocycles. The molecule has 1 amide bonds. The minimum absolute atomic E-state index is 0.229. The Balaban J connectivity index is 1.33. The number of allylic oxidation sites excluding steroid dienone is 2. The SMILES string of the molecule is O=C(O)[C@@H]1CC=CC[C@H]1C(=O)Nc1ccc(N2CCN(c3ccc(F)cc3)CC2)cc1. The highest BCUT2D eigenvalue weighted by Crippen LogP contribution is 2.28. The van der Waals surface area contributed by atoms with Crippen molar-refractivity contribution in [2.24, 2.45) is 11.8 Å². The first kappa shape index (κ1) is 20.9. The number of piperazine rings is 1. The van der Waals surface area contributed by atoms with Crippen LogP contribution in [0, 0.1) is 17.7 Å². The minimum atomic E-state index is -0.931. The number of nitrogens with one attached hydrogen (secondary N) is 1. The molecule has 1 aliphatic heterocycles. The van der Waals surface area contributed by atoms with Crippen LogP contribution in [0.5, 0.6) is 0 Å². The van der Waals surface area contributed by atoms with E-state index >= 15 is 0 Å². The van der Waals surface area contributed by atoms with E-state index in [0.717, 1.165) is 37.6 Å². The molecule has 1 heterocycles. The number of hydrogen-bond acceptors (Lipinski definition) is 4. The molecule has 1 aliphatic carbocycles. The van der Waals surface area contributed by atoms with Gasteiger partial charge in [-0.15, -0.1) is 0 Å². The van der Waals surface area contributed by atoms with E-state index in [1.54, 1.807) is 12.1 Å². The number of carbonyl (C=O) groups is 2. The highest BCUT2D eigenvalue weighted by atomic mass is 19.1. The van der Waals surface area contributed by atoms with Gasteiger partial charge in [0.15, 0.2) is 0 Å². The summed E-state index contributed by atoms with van der Waals surface area (Å²) >= 11 is 0. The van der Waals surface area contributed by atoms with Crippen molar-refractivity contribution in [3.8, 4) is 0 Å². The molecule has 0 spiro atoms. The van der Waals surface area contributed by atoms with Crippen molar-refractivity contribution in [1.29, 1.82) is 0 Å². The summed E-state index contributed by atoms with van der Waals surface area (Å²) in [6, 6.07) is 14.2. The Morgan fingerprint density at radius 3 is 1.81 bits per heavy atom. The Morgan fingerprint density at radius 2 is 1.29 bits per heavy atom. The summed E-state index contributed by atoms with van der Waals surface area (Å²) in [7, 11) is 0. The zero-order valence-corrected chi connectivity index (χ0v) is 17.2. The number of hydrogen-bond donors (Lipinski definition) is 2. The summed E-state index contributed by atoms with van der Waals surface area (Å²) in [6.45, 7) is 3.38. The molecule has 162 valence electrons. The maximum Gasteiger partial charge on any atom is 0.307 e. The Morgan fingerprint density at radius 1 is 0.806 bits per heavy atom. The largest absolute Gasteiger partial charge is 0.481 e. The van der Waals surface area contributed by atoms with Crippen LogP contribution < -0.4 is 15.1 Å². The van der Waals surface area contributed by atoms with E-state index in [9.17, 15) is 19.1 Å². The van der Waals surface area contributed by atoms with Crippen LogP contribution in [-0.2, 0) is 9.59 Å². The van der Waals surface area contributed by atoms with Gasteiger partial charge < -0.3 is 20.2 Å². The van der Waals surface area contributed by atoms with Crippen molar-refractivity contribution in [3.05, 3.63) is 66.5 Å². The van der Waals surface area contributed by atoms with Gasteiger partial charge in [-0.3, -0.25) is 9.59 Å². The first-order valence-electron chi connectivity index (χ1n) is 10.6. The van der Waals surface area contributed by atoms with Crippen LogP contribution in [-0.4, -0.2) is 43.2 Å². The fourth-order valence-electron chi connectivity index (χ4n) is 4.24. The molecule has 7 heteroatoms. The van der Waals surface area contributed by atoms with E-state index in [1.807, 2.05) is 36.4 Å². The Labute approximate surface area is 181 Å².